The average Bonchev–Trinajstić information content (AvgIpc) is 2.82. The number of carbonyl (C=O) groups is 1. The van der Waals surface area contributed by atoms with Crippen LogP contribution in [0.15, 0.2) is 42.5 Å². The molecule has 1 aliphatic rings. The van der Waals surface area contributed by atoms with Crippen LogP contribution in [0.5, 0.6) is 11.5 Å². The maximum Gasteiger partial charge on any atom is 0.319 e. The number of hydrogen-bond donors (Lipinski definition) is 3. The Bertz CT molecular complexity index is 868. The normalized spacial score (nSPS) is 15.3. The lowest BCUT2D eigenvalue weighted by atomic mass is 10.1. The second-order valence-corrected chi connectivity index (χ2v) is 7.40. The van der Waals surface area contributed by atoms with Crippen molar-refractivity contribution in [2.24, 2.45) is 0 Å². The molecule has 1 heterocycles. The molecule has 0 spiro atoms. The molecule has 2 amide bonds. The van der Waals surface area contributed by atoms with Crippen LogP contribution in [0.25, 0.3) is 0 Å². The molecule has 3 N–H and O–H groups in total. The smallest absolute Gasteiger partial charge is 0.319 e. The van der Waals surface area contributed by atoms with Crippen molar-refractivity contribution in [1.29, 1.82) is 0 Å². The molecule has 0 saturated carbocycles. The molecule has 1 saturated heterocycles. The molecular weight excluding hydrogens is 396 g/mol. The van der Waals surface area contributed by atoms with E-state index in [0.717, 1.165) is 44.1 Å². The molecule has 1 atom stereocenters. The van der Waals surface area contributed by atoms with E-state index in [1.54, 1.807) is 25.3 Å². The predicted molar refractivity (Wildman–Crippen MR) is 122 cm³/mol. The molecule has 8 nitrogen and oxygen atoms in total. The minimum absolute atomic E-state index is 0.0344. The van der Waals surface area contributed by atoms with Crippen LogP contribution in [0.3, 0.4) is 0 Å². The Kier molecular flexibility index (Phi) is 7.97. The molecule has 0 aliphatic carbocycles. The van der Waals surface area contributed by atoms with Crippen LogP contribution >= 0.6 is 0 Å². The number of aliphatic hydroxyl groups excluding tert-OH is 1. The van der Waals surface area contributed by atoms with Gasteiger partial charge >= 0.3 is 6.03 Å². The standard InChI is InChI=1S/C23H32N4O4/c1-4-26-11-13-27(14-12-26)20-8-6-5-7-19(20)25-23(29)24-16-21(28)18-15-17(30-2)9-10-22(18)31-3/h5-10,15,21,28H,4,11-14,16H2,1-3H3,(H2,24,25,29). The molecule has 2 aromatic rings. The number of para-hydroxylation sites is 2. The van der Waals surface area contributed by atoms with Crippen LogP contribution in [0.4, 0.5) is 16.2 Å². The van der Waals surface area contributed by atoms with Crippen LogP contribution in [0.2, 0.25) is 0 Å². The molecule has 1 aliphatic heterocycles. The second kappa shape index (κ2) is 10.9. The Morgan fingerprint density at radius 1 is 1.10 bits per heavy atom. The number of anilines is 2. The summed E-state index contributed by atoms with van der Waals surface area (Å²) in [6.45, 7) is 7.11. The quantitative estimate of drug-likeness (QED) is 0.599. The first-order chi connectivity index (χ1) is 15.0. The monoisotopic (exact) mass is 428 g/mol. The molecule has 0 aromatic heterocycles. The van der Waals surface area contributed by atoms with Gasteiger partial charge in [-0.3, -0.25) is 0 Å². The van der Waals surface area contributed by atoms with Gasteiger partial charge in [-0.2, -0.15) is 0 Å². The van der Waals surface area contributed by atoms with E-state index in [9.17, 15) is 9.90 Å². The van der Waals surface area contributed by atoms with Crippen molar-refractivity contribution in [3.8, 4) is 11.5 Å². The van der Waals surface area contributed by atoms with E-state index in [0.29, 0.717) is 17.1 Å². The molecule has 1 fully saturated rings. The van der Waals surface area contributed by atoms with Crippen LogP contribution in [-0.4, -0.2) is 69.5 Å². The van der Waals surface area contributed by atoms with Gasteiger partial charge in [0.25, 0.3) is 0 Å². The highest BCUT2D eigenvalue weighted by Gasteiger charge is 2.20. The van der Waals surface area contributed by atoms with Crippen molar-refractivity contribution in [2.75, 3.05) is 63.7 Å². The Balaban J connectivity index is 1.61. The Labute approximate surface area is 183 Å². The molecule has 8 heteroatoms. The third kappa shape index (κ3) is 5.80. The van der Waals surface area contributed by atoms with Crippen molar-refractivity contribution in [3.05, 3.63) is 48.0 Å². The number of aliphatic hydroxyl groups is 1. The zero-order valence-electron chi connectivity index (χ0n) is 18.4. The van der Waals surface area contributed by atoms with Gasteiger partial charge in [-0.15, -0.1) is 0 Å². The highest BCUT2D eigenvalue weighted by atomic mass is 16.5. The average molecular weight is 429 g/mol. The summed E-state index contributed by atoms with van der Waals surface area (Å²) in [5.74, 6) is 1.14. The van der Waals surface area contributed by atoms with Crippen molar-refractivity contribution in [3.63, 3.8) is 0 Å². The number of likely N-dealkylation sites (N-methyl/N-ethyl adjacent to an activating group) is 1. The maximum absolute atomic E-state index is 12.5. The lowest BCUT2D eigenvalue weighted by Gasteiger charge is -2.36. The first-order valence-electron chi connectivity index (χ1n) is 10.6. The van der Waals surface area contributed by atoms with Gasteiger partial charge in [0.05, 0.1) is 25.6 Å². The topological polar surface area (TPSA) is 86.3 Å². The Hall–Kier alpha value is -2.97. The van der Waals surface area contributed by atoms with E-state index in [2.05, 4.69) is 27.4 Å². The van der Waals surface area contributed by atoms with E-state index in [1.165, 1.54) is 7.11 Å². The van der Waals surface area contributed by atoms with Gasteiger partial charge < -0.3 is 35.0 Å². The first kappa shape index (κ1) is 22.7. The zero-order chi connectivity index (χ0) is 22.2. The van der Waals surface area contributed by atoms with Gasteiger partial charge in [0, 0.05) is 38.3 Å². The van der Waals surface area contributed by atoms with Crippen molar-refractivity contribution in [2.45, 2.75) is 13.0 Å². The Morgan fingerprint density at radius 2 is 1.84 bits per heavy atom. The van der Waals surface area contributed by atoms with Crippen LogP contribution in [-0.2, 0) is 0 Å². The van der Waals surface area contributed by atoms with E-state index in [1.807, 2.05) is 24.3 Å². The number of piperazine rings is 1. The number of hydrogen-bond acceptors (Lipinski definition) is 6. The van der Waals surface area contributed by atoms with Crippen LogP contribution < -0.4 is 25.0 Å². The number of carbonyl (C=O) groups excluding carboxylic acids is 1. The molecule has 2 aromatic carbocycles. The van der Waals surface area contributed by atoms with E-state index >= 15 is 0 Å². The van der Waals surface area contributed by atoms with Gasteiger partial charge in [-0.1, -0.05) is 19.1 Å². The summed E-state index contributed by atoms with van der Waals surface area (Å²) in [4.78, 5) is 17.2. The number of nitrogens with one attached hydrogen (secondary N) is 2. The fourth-order valence-corrected chi connectivity index (χ4v) is 3.73. The van der Waals surface area contributed by atoms with E-state index in [4.69, 9.17) is 9.47 Å². The van der Waals surface area contributed by atoms with Crippen molar-refractivity contribution in [1.82, 2.24) is 10.2 Å². The number of benzene rings is 2. The molecule has 0 bridgehead atoms. The largest absolute Gasteiger partial charge is 0.497 e. The number of amides is 2. The minimum Gasteiger partial charge on any atom is -0.497 e. The molecular formula is C23H32N4O4. The van der Waals surface area contributed by atoms with Crippen LogP contribution in [0.1, 0.15) is 18.6 Å². The molecule has 168 valence electrons. The summed E-state index contributed by atoms with van der Waals surface area (Å²) in [5, 5.41) is 16.2. The molecule has 31 heavy (non-hydrogen) atoms. The summed E-state index contributed by atoms with van der Waals surface area (Å²) in [6, 6.07) is 12.6. The second-order valence-electron chi connectivity index (χ2n) is 7.40. The van der Waals surface area contributed by atoms with E-state index in [-0.39, 0.29) is 12.6 Å². The summed E-state index contributed by atoms with van der Waals surface area (Å²) >= 11 is 0. The van der Waals surface area contributed by atoms with Gasteiger partial charge in [-0.05, 0) is 36.9 Å². The first-order valence-corrected chi connectivity index (χ1v) is 10.6. The summed E-state index contributed by atoms with van der Waals surface area (Å²) in [5.41, 5.74) is 2.30. The van der Waals surface area contributed by atoms with Gasteiger partial charge in [0.15, 0.2) is 0 Å². The Morgan fingerprint density at radius 3 is 2.52 bits per heavy atom. The fraction of sp³-hybridized carbons (Fsp3) is 0.435. The van der Waals surface area contributed by atoms with Gasteiger partial charge in [0.1, 0.15) is 17.6 Å². The third-order valence-corrected chi connectivity index (χ3v) is 5.56. The third-order valence-electron chi connectivity index (χ3n) is 5.56. The SMILES string of the molecule is CCN1CCN(c2ccccc2NC(=O)NCC(O)c2cc(OC)ccc2OC)CC1. The zero-order valence-corrected chi connectivity index (χ0v) is 18.4. The fourth-order valence-electron chi connectivity index (χ4n) is 3.73. The highest BCUT2D eigenvalue weighted by Crippen LogP contribution is 2.29. The number of urea groups is 1. The van der Waals surface area contributed by atoms with Gasteiger partial charge in [0.2, 0.25) is 0 Å². The predicted octanol–water partition coefficient (Wildman–Crippen LogP) is 2.70. The van der Waals surface area contributed by atoms with Crippen molar-refractivity contribution >= 4 is 17.4 Å². The summed E-state index contributed by atoms with van der Waals surface area (Å²) < 4.78 is 10.5. The van der Waals surface area contributed by atoms with E-state index < -0.39 is 6.10 Å². The highest BCUT2D eigenvalue weighted by molar-refractivity contribution is 5.93. The number of nitrogens with zero attached hydrogens (tertiary/aromatic N) is 2. The van der Waals surface area contributed by atoms with Gasteiger partial charge in [-0.25, -0.2) is 4.79 Å². The maximum atomic E-state index is 12.5. The number of methoxy groups -OCH3 is 2. The van der Waals surface area contributed by atoms with Crippen molar-refractivity contribution < 1.29 is 19.4 Å². The minimum atomic E-state index is -0.937. The lowest BCUT2D eigenvalue weighted by molar-refractivity contribution is 0.170. The number of ether oxygens (including phenoxy) is 2. The molecule has 1 unspecified atom stereocenters. The lowest BCUT2D eigenvalue weighted by Crippen LogP contribution is -2.46. The summed E-state index contributed by atoms with van der Waals surface area (Å²) in [6.07, 6.45) is -0.937. The molecule has 3 rings (SSSR count). The summed E-state index contributed by atoms with van der Waals surface area (Å²) in [7, 11) is 3.10. The van der Waals surface area contributed by atoms with Crippen LogP contribution in [0, 0.1) is 0 Å². The molecule has 0 radical (unpaired) electrons. The number of rotatable bonds is 8.